The molecule has 8 heteroatoms. The Hall–Kier alpha value is -1.44. The quantitative estimate of drug-likeness (QED) is 0.584. The van der Waals surface area contributed by atoms with E-state index in [2.05, 4.69) is 27.9 Å². The number of nitrogens with one attached hydrogen (secondary N) is 1. The minimum Gasteiger partial charge on any atom is -0.381 e. The molecular weight excluding hydrogens is 453 g/mol. The summed E-state index contributed by atoms with van der Waals surface area (Å²) in [6.45, 7) is 5.66. The number of carbonyl (C=O) groups is 1. The number of rotatable bonds is 5. The Morgan fingerprint density at radius 3 is 2.68 bits per heavy atom. The second-order valence-corrected chi connectivity index (χ2v) is 11.0. The van der Waals surface area contributed by atoms with Crippen LogP contribution in [0.4, 0.5) is 11.4 Å². The van der Waals surface area contributed by atoms with E-state index >= 15 is 0 Å². The molecule has 2 heterocycles. The zero-order valence-electron chi connectivity index (χ0n) is 17.9. The zero-order valence-corrected chi connectivity index (χ0v) is 20.2. The summed E-state index contributed by atoms with van der Waals surface area (Å²) in [5.41, 5.74) is 3.33. The van der Waals surface area contributed by atoms with Crippen LogP contribution in [0.25, 0.3) is 0 Å². The van der Waals surface area contributed by atoms with Crippen molar-refractivity contribution in [3.05, 3.63) is 57.6 Å². The Morgan fingerprint density at radius 2 is 1.94 bits per heavy atom. The van der Waals surface area contributed by atoms with Crippen LogP contribution in [0.3, 0.4) is 0 Å². The molecular formula is C23H28Cl2N3O2S+. The summed E-state index contributed by atoms with van der Waals surface area (Å²) >= 11 is 12.8. The SMILES string of the molecule is CC[S+]1N(C)CCN1c1ccc(Cl)c(C(=O)Nc2cc(Cl)cc(C3CCOCC3)c2)c1. The molecule has 2 aromatic rings. The van der Waals surface area contributed by atoms with E-state index in [1.54, 1.807) is 6.07 Å². The van der Waals surface area contributed by atoms with Crippen LogP contribution < -0.4 is 9.62 Å². The summed E-state index contributed by atoms with van der Waals surface area (Å²) in [6, 6.07) is 11.5. The molecule has 2 aliphatic rings. The van der Waals surface area contributed by atoms with Crippen molar-refractivity contribution in [3.63, 3.8) is 0 Å². The monoisotopic (exact) mass is 480 g/mol. The third-order valence-corrected chi connectivity index (χ3v) is 8.71. The van der Waals surface area contributed by atoms with E-state index < -0.39 is 0 Å². The van der Waals surface area contributed by atoms with Gasteiger partial charge in [0, 0.05) is 31.0 Å². The van der Waals surface area contributed by atoms with E-state index in [-0.39, 0.29) is 17.2 Å². The van der Waals surface area contributed by atoms with Crippen LogP contribution in [0.15, 0.2) is 36.4 Å². The first-order valence-corrected chi connectivity index (χ1v) is 12.7. The van der Waals surface area contributed by atoms with E-state index in [0.29, 0.717) is 27.2 Å². The third kappa shape index (κ3) is 5.15. The van der Waals surface area contributed by atoms with Crippen LogP contribution in [0.2, 0.25) is 10.0 Å². The highest BCUT2D eigenvalue weighted by Gasteiger charge is 2.39. The largest absolute Gasteiger partial charge is 0.381 e. The van der Waals surface area contributed by atoms with Crippen LogP contribution in [0.1, 0.15) is 41.6 Å². The van der Waals surface area contributed by atoms with Gasteiger partial charge in [-0.1, -0.05) is 23.2 Å². The molecule has 0 saturated carbocycles. The smallest absolute Gasteiger partial charge is 0.257 e. The van der Waals surface area contributed by atoms with E-state index in [0.717, 1.165) is 56.1 Å². The molecule has 31 heavy (non-hydrogen) atoms. The number of carbonyl (C=O) groups excluding carboxylic acids is 1. The summed E-state index contributed by atoms with van der Waals surface area (Å²) in [6.07, 6.45) is 1.93. The third-order valence-electron chi connectivity index (χ3n) is 5.84. The maximum absolute atomic E-state index is 13.1. The Kier molecular flexibility index (Phi) is 7.34. The molecule has 1 atom stereocenters. The highest BCUT2D eigenvalue weighted by Crippen LogP contribution is 2.33. The lowest BCUT2D eigenvalue weighted by atomic mass is 9.91. The van der Waals surface area contributed by atoms with Crippen molar-refractivity contribution in [2.24, 2.45) is 0 Å². The Morgan fingerprint density at radius 1 is 1.16 bits per heavy atom. The molecule has 0 aromatic heterocycles. The lowest BCUT2D eigenvalue weighted by Crippen LogP contribution is -2.33. The van der Waals surface area contributed by atoms with Crippen LogP contribution in [-0.2, 0) is 16.0 Å². The topological polar surface area (TPSA) is 44.8 Å². The van der Waals surface area contributed by atoms with Crippen molar-refractivity contribution in [1.29, 1.82) is 0 Å². The molecule has 1 amide bonds. The molecule has 2 fully saturated rings. The Labute approximate surface area is 197 Å². The molecule has 4 rings (SSSR count). The molecule has 0 bridgehead atoms. The predicted molar refractivity (Wildman–Crippen MR) is 132 cm³/mol. The Balaban J connectivity index is 1.55. The fraction of sp³-hybridized carbons (Fsp3) is 0.435. The summed E-state index contributed by atoms with van der Waals surface area (Å²) in [7, 11) is 2.14. The number of likely N-dealkylation sites (N-methyl/N-ethyl adjacent to an activating group) is 1. The molecule has 0 spiro atoms. The first kappa shape index (κ1) is 22.7. The molecule has 5 nitrogen and oxygen atoms in total. The van der Waals surface area contributed by atoms with Gasteiger partial charge in [-0.05, 0) is 67.6 Å². The van der Waals surface area contributed by atoms with E-state index in [9.17, 15) is 4.79 Å². The number of benzene rings is 2. The molecule has 0 aliphatic carbocycles. The minimum absolute atomic E-state index is 0.0212. The lowest BCUT2D eigenvalue weighted by molar-refractivity contribution is 0.0853. The highest BCUT2D eigenvalue weighted by atomic mass is 35.5. The maximum Gasteiger partial charge on any atom is 0.257 e. The van der Waals surface area contributed by atoms with Crippen molar-refractivity contribution >= 4 is 51.8 Å². The number of ether oxygens (including phenoxy) is 1. The van der Waals surface area contributed by atoms with Crippen molar-refractivity contribution < 1.29 is 9.53 Å². The second-order valence-electron chi connectivity index (χ2n) is 7.86. The standard InChI is InChI=1S/C23H27Cl2N3O2S/c1-3-31-27(2)8-9-28(31)20-4-5-22(25)21(15-20)23(29)26-19-13-17(12-18(24)14-19)16-6-10-30-11-7-16/h4-5,12-16H,3,6-11H2,1-2H3/p+1. The van der Waals surface area contributed by atoms with Gasteiger partial charge in [-0.3, -0.25) is 4.79 Å². The van der Waals surface area contributed by atoms with Gasteiger partial charge < -0.3 is 10.1 Å². The second kappa shape index (κ2) is 10.0. The first-order valence-electron chi connectivity index (χ1n) is 10.6. The number of nitrogens with zero attached hydrogens (tertiary/aromatic N) is 2. The van der Waals surface area contributed by atoms with Gasteiger partial charge in [0.2, 0.25) is 0 Å². The van der Waals surface area contributed by atoms with Crippen molar-refractivity contribution in [2.45, 2.75) is 25.7 Å². The summed E-state index contributed by atoms with van der Waals surface area (Å²) < 4.78 is 10.2. The highest BCUT2D eigenvalue weighted by molar-refractivity contribution is 7.96. The molecule has 1 N–H and O–H groups in total. The van der Waals surface area contributed by atoms with Gasteiger partial charge in [-0.2, -0.15) is 4.31 Å². The summed E-state index contributed by atoms with van der Waals surface area (Å²) in [5.74, 6) is 1.21. The number of amides is 1. The normalized spacial score (nSPS) is 20.3. The zero-order chi connectivity index (χ0) is 22.0. The number of anilines is 2. The fourth-order valence-corrected chi connectivity index (χ4v) is 6.71. The van der Waals surface area contributed by atoms with Gasteiger partial charge in [-0.15, -0.1) is 4.31 Å². The molecule has 2 aromatic carbocycles. The predicted octanol–water partition coefficient (Wildman–Crippen LogP) is 5.36. The van der Waals surface area contributed by atoms with Gasteiger partial charge in [0.1, 0.15) is 0 Å². The molecule has 166 valence electrons. The maximum atomic E-state index is 13.1. The lowest BCUT2D eigenvalue weighted by Gasteiger charge is -2.23. The van der Waals surface area contributed by atoms with Crippen LogP contribution in [-0.4, -0.2) is 49.3 Å². The average molecular weight is 481 g/mol. The number of hydrogen-bond acceptors (Lipinski definition) is 4. The van der Waals surface area contributed by atoms with Gasteiger partial charge in [0.05, 0.1) is 29.4 Å². The van der Waals surface area contributed by atoms with E-state index in [1.165, 1.54) is 0 Å². The molecule has 0 radical (unpaired) electrons. The summed E-state index contributed by atoms with van der Waals surface area (Å²) in [5, 5.41) is 4.06. The van der Waals surface area contributed by atoms with Gasteiger partial charge in [0.25, 0.3) is 5.91 Å². The van der Waals surface area contributed by atoms with E-state index in [1.807, 2.05) is 30.3 Å². The minimum atomic E-state index is -0.226. The Bertz CT molecular complexity index is 952. The van der Waals surface area contributed by atoms with E-state index in [4.69, 9.17) is 27.9 Å². The van der Waals surface area contributed by atoms with Crippen molar-refractivity contribution in [3.8, 4) is 0 Å². The summed E-state index contributed by atoms with van der Waals surface area (Å²) in [4.78, 5) is 13.1. The molecule has 2 aliphatic heterocycles. The van der Waals surface area contributed by atoms with Crippen molar-refractivity contribution in [1.82, 2.24) is 4.31 Å². The first-order chi connectivity index (χ1) is 15.0. The van der Waals surface area contributed by atoms with Crippen LogP contribution >= 0.6 is 23.2 Å². The van der Waals surface area contributed by atoms with Crippen LogP contribution in [0.5, 0.6) is 0 Å². The molecule has 2 saturated heterocycles. The fourth-order valence-electron chi connectivity index (χ4n) is 4.23. The van der Waals surface area contributed by atoms with Gasteiger partial charge in [-0.25, -0.2) is 0 Å². The average Bonchev–Trinajstić information content (AvgIpc) is 3.14. The molecule has 1 unspecified atom stereocenters. The number of halogens is 2. The van der Waals surface area contributed by atoms with Crippen molar-refractivity contribution in [2.75, 3.05) is 48.7 Å². The van der Waals surface area contributed by atoms with Gasteiger partial charge >= 0.3 is 0 Å². The van der Waals surface area contributed by atoms with Gasteiger partial charge in [0.15, 0.2) is 17.0 Å². The number of hydrogen-bond donors (Lipinski definition) is 1. The van der Waals surface area contributed by atoms with Crippen LogP contribution in [0, 0.1) is 0 Å².